The molecule has 0 unspecified atom stereocenters. The van der Waals surface area contributed by atoms with Crippen molar-refractivity contribution in [3.63, 3.8) is 0 Å². The Kier molecular flexibility index (Phi) is 6.47. The number of ether oxygens (including phenoxy) is 1. The Labute approximate surface area is 207 Å². The van der Waals surface area contributed by atoms with Crippen LogP contribution in [0.2, 0.25) is 0 Å². The zero-order valence-electron chi connectivity index (χ0n) is 20.6. The highest BCUT2D eigenvalue weighted by molar-refractivity contribution is 7.92. The lowest BCUT2D eigenvalue weighted by Gasteiger charge is -2.26. The molecule has 35 heavy (non-hydrogen) atoms. The molecule has 1 aliphatic rings. The fourth-order valence-corrected chi connectivity index (χ4v) is 6.10. The molecule has 3 aromatic rings. The standard InChI is InChI=1S/C28H30N2O4S/c1-20-9-8-10-24(17-20)35(32,33)30(21-13-15-23(34-5)16-14-21)19-22(31)18-27-28(2,3)25-11-6-7-12-26(25)29(27)4/h6-18H,19H2,1-5H3. The molecular formula is C28H30N2O4S. The van der Waals surface area contributed by atoms with Crippen molar-refractivity contribution in [1.29, 1.82) is 0 Å². The fraction of sp³-hybridized carbons (Fsp3) is 0.250. The van der Waals surface area contributed by atoms with Crippen LogP contribution >= 0.6 is 0 Å². The summed E-state index contributed by atoms with van der Waals surface area (Å²) in [6.07, 6.45) is 1.57. The summed E-state index contributed by atoms with van der Waals surface area (Å²) in [5.41, 5.74) is 3.81. The number of likely N-dealkylation sites (N-methyl/N-ethyl adjacent to an activating group) is 1. The number of hydrogen-bond acceptors (Lipinski definition) is 5. The van der Waals surface area contributed by atoms with Crippen molar-refractivity contribution in [3.8, 4) is 5.75 Å². The molecule has 0 saturated carbocycles. The van der Waals surface area contributed by atoms with Crippen molar-refractivity contribution >= 4 is 27.2 Å². The first-order chi connectivity index (χ1) is 16.6. The fourth-order valence-electron chi connectivity index (χ4n) is 4.57. The van der Waals surface area contributed by atoms with Crippen molar-refractivity contribution in [2.75, 3.05) is 29.9 Å². The first-order valence-corrected chi connectivity index (χ1v) is 12.8. The van der Waals surface area contributed by atoms with Crippen molar-refractivity contribution in [2.45, 2.75) is 31.1 Å². The van der Waals surface area contributed by atoms with Crippen LogP contribution in [0.4, 0.5) is 11.4 Å². The Morgan fingerprint density at radius 3 is 2.34 bits per heavy atom. The average molecular weight is 491 g/mol. The van der Waals surface area contributed by atoms with Gasteiger partial charge in [0.2, 0.25) is 0 Å². The van der Waals surface area contributed by atoms with Crippen molar-refractivity contribution < 1.29 is 17.9 Å². The van der Waals surface area contributed by atoms with Gasteiger partial charge in [0, 0.05) is 29.9 Å². The van der Waals surface area contributed by atoms with E-state index in [1.54, 1.807) is 55.7 Å². The lowest BCUT2D eigenvalue weighted by molar-refractivity contribution is -0.113. The van der Waals surface area contributed by atoms with Crippen LogP contribution in [-0.2, 0) is 20.2 Å². The molecule has 0 aliphatic carbocycles. The first-order valence-electron chi connectivity index (χ1n) is 11.4. The van der Waals surface area contributed by atoms with Gasteiger partial charge in [0.05, 0.1) is 24.2 Å². The third-order valence-corrected chi connectivity index (χ3v) is 8.25. The molecule has 1 aliphatic heterocycles. The van der Waals surface area contributed by atoms with Gasteiger partial charge in [-0.2, -0.15) is 0 Å². The number of nitrogens with zero attached hydrogens (tertiary/aromatic N) is 2. The van der Waals surface area contributed by atoms with E-state index in [4.69, 9.17) is 4.74 Å². The highest BCUT2D eigenvalue weighted by atomic mass is 32.2. The first kappa shape index (κ1) is 24.5. The second-order valence-corrected chi connectivity index (χ2v) is 11.1. The number of rotatable bonds is 7. The minimum absolute atomic E-state index is 0.138. The lowest BCUT2D eigenvalue weighted by Crippen LogP contribution is -2.36. The molecular weight excluding hydrogens is 460 g/mol. The molecule has 3 aromatic carbocycles. The van der Waals surface area contributed by atoms with E-state index >= 15 is 0 Å². The van der Waals surface area contributed by atoms with Gasteiger partial charge in [-0.3, -0.25) is 9.10 Å². The number of hydrogen-bond donors (Lipinski definition) is 0. The van der Waals surface area contributed by atoms with Gasteiger partial charge in [0.25, 0.3) is 10.0 Å². The van der Waals surface area contributed by atoms with Gasteiger partial charge in [-0.15, -0.1) is 0 Å². The molecule has 7 heteroatoms. The van der Waals surface area contributed by atoms with E-state index in [1.807, 2.05) is 43.1 Å². The molecule has 1 heterocycles. The SMILES string of the molecule is COc1ccc(N(CC(=O)C=C2N(C)c3ccccc3C2(C)C)S(=O)(=O)c2cccc(C)c2)cc1. The monoisotopic (exact) mass is 490 g/mol. The van der Waals surface area contributed by atoms with Crippen LogP contribution in [0, 0.1) is 6.92 Å². The number of carbonyl (C=O) groups is 1. The quantitative estimate of drug-likeness (QED) is 0.432. The van der Waals surface area contributed by atoms with Crippen LogP contribution in [0.25, 0.3) is 0 Å². The molecule has 0 atom stereocenters. The van der Waals surface area contributed by atoms with E-state index in [-0.39, 0.29) is 22.6 Å². The Balaban J connectivity index is 1.73. The summed E-state index contributed by atoms with van der Waals surface area (Å²) >= 11 is 0. The molecule has 0 bridgehead atoms. The number of anilines is 2. The lowest BCUT2D eigenvalue weighted by atomic mass is 9.83. The van der Waals surface area contributed by atoms with Crippen LogP contribution in [-0.4, -0.2) is 34.9 Å². The summed E-state index contributed by atoms with van der Waals surface area (Å²) in [4.78, 5) is 15.5. The minimum atomic E-state index is -3.99. The maximum absolute atomic E-state index is 13.7. The van der Waals surface area contributed by atoms with Gasteiger partial charge in [-0.1, -0.05) is 44.2 Å². The molecule has 6 nitrogen and oxygen atoms in total. The third kappa shape index (κ3) is 4.56. The van der Waals surface area contributed by atoms with E-state index in [1.165, 1.54) is 0 Å². The minimum Gasteiger partial charge on any atom is -0.497 e. The second kappa shape index (κ2) is 9.23. The molecule has 0 amide bonds. The second-order valence-electron chi connectivity index (χ2n) is 9.22. The predicted octanol–water partition coefficient (Wildman–Crippen LogP) is 5.08. The maximum Gasteiger partial charge on any atom is 0.264 e. The summed E-state index contributed by atoms with van der Waals surface area (Å²) in [5, 5.41) is 0. The number of sulfonamides is 1. The largest absolute Gasteiger partial charge is 0.497 e. The van der Waals surface area contributed by atoms with Gasteiger partial charge >= 0.3 is 0 Å². The van der Waals surface area contributed by atoms with Crippen LogP contribution < -0.4 is 13.9 Å². The Morgan fingerprint density at radius 1 is 1.03 bits per heavy atom. The Hall–Kier alpha value is -3.58. The smallest absolute Gasteiger partial charge is 0.264 e. The predicted molar refractivity (Wildman–Crippen MR) is 140 cm³/mol. The van der Waals surface area contributed by atoms with E-state index in [2.05, 4.69) is 19.9 Å². The van der Waals surface area contributed by atoms with E-state index in [0.717, 1.165) is 26.8 Å². The van der Waals surface area contributed by atoms with E-state index < -0.39 is 10.0 Å². The highest BCUT2D eigenvalue weighted by Crippen LogP contribution is 2.46. The number of para-hydroxylation sites is 1. The molecule has 0 radical (unpaired) electrons. The summed E-state index contributed by atoms with van der Waals surface area (Å²) in [5.74, 6) is 0.293. The Morgan fingerprint density at radius 2 is 1.71 bits per heavy atom. The van der Waals surface area contributed by atoms with Crippen LogP contribution in [0.1, 0.15) is 25.0 Å². The van der Waals surface area contributed by atoms with Gasteiger partial charge < -0.3 is 9.64 Å². The van der Waals surface area contributed by atoms with Gasteiger partial charge in [-0.05, 0) is 60.5 Å². The topological polar surface area (TPSA) is 66.9 Å². The molecule has 0 spiro atoms. The number of benzene rings is 3. The summed E-state index contributed by atoms with van der Waals surface area (Å²) in [6, 6.07) is 21.4. The number of aryl methyl sites for hydroxylation is 1. The third-order valence-electron chi connectivity index (χ3n) is 6.48. The number of ketones is 1. The molecule has 4 rings (SSSR count). The molecule has 182 valence electrons. The number of carbonyl (C=O) groups excluding carboxylic acids is 1. The van der Waals surface area contributed by atoms with Crippen LogP contribution in [0.3, 0.4) is 0 Å². The van der Waals surface area contributed by atoms with E-state index in [9.17, 15) is 13.2 Å². The average Bonchev–Trinajstić information content (AvgIpc) is 3.03. The van der Waals surface area contributed by atoms with Crippen molar-refractivity contribution in [2.24, 2.45) is 0 Å². The normalized spacial score (nSPS) is 15.7. The van der Waals surface area contributed by atoms with Crippen LogP contribution in [0.15, 0.2) is 89.5 Å². The van der Waals surface area contributed by atoms with Crippen molar-refractivity contribution in [3.05, 3.63) is 95.7 Å². The molecule has 0 fully saturated rings. The Bertz CT molecular complexity index is 1390. The maximum atomic E-state index is 13.7. The van der Waals surface area contributed by atoms with Crippen molar-refractivity contribution in [1.82, 2.24) is 0 Å². The number of allylic oxidation sites excluding steroid dienone is 1. The molecule has 0 N–H and O–H groups in total. The van der Waals surface area contributed by atoms with E-state index in [0.29, 0.717) is 11.4 Å². The number of fused-ring (bicyclic) bond motifs is 1. The van der Waals surface area contributed by atoms with Gasteiger partial charge in [0.15, 0.2) is 5.78 Å². The zero-order chi connectivity index (χ0) is 25.4. The summed E-state index contributed by atoms with van der Waals surface area (Å²) < 4.78 is 33.8. The highest BCUT2D eigenvalue weighted by Gasteiger charge is 2.39. The van der Waals surface area contributed by atoms with Gasteiger partial charge in [0.1, 0.15) is 5.75 Å². The summed E-state index contributed by atoms with van der Waals surface area (Å²) in [7, 11) is -0.518. The molecule has 0 aromatic heterocycles. The zero-order valence-corrected chi connectivity index (χ0v) is 21.5. The number of methoxy groups -OCH3 is 1. The summed E-state index contributed by atoms with van der Waals surface area (Å²) in [6.45, 7) is 5.65. The molecule has 0 saturated heterocycles. The van der Waals surface area contributed by atoms with Gasteiger partial charge in [-0.25, -0.2) is 8.42 Å². The van der Waals surface area contributed by atoms with Crippen LogP contribution in [0.5, 0.6) is 5.75 Å².